The van der Waals surface area contributed by atoms with Gasteiger partial charge in [0.15, 0.2) is 5.76 Å². The van der Waals surface area contributed by atoms with Crippen LogP contribution >= 0.6 is 11.6 Å². The van der Waals surface area contributed by atoms with Crippen LogP contribution in [0, 0.1) is 0 Å². The molecule has 1 aliphatic heterocycles. The minimum Gasteiger partial charge on any atom is -0.490 e. The van der Waals surface area contributed by atoms with Crippen LogP contribution in [0.1, 0.15) is 12.0 Å². The van der Waals surface area contributed by atoms with Gasteiger partial charge < -0.3 is 4.74 Å². The monoisotopic (exact) mass is 222 g/mol. The van der Waals surface area contributed by atoms with Crippen LogP contribution in [0.2, 0.25) is 5.02 Å². The summed E-state index contributed by atoms with van der Waals surface area (Å²) in [5, 5.41) is 0.654. The average molecular weight is 223 g/mol. The third-order valence-electron chi connectivity index (χ3n) is 2.23. The van der Waals surface area contributed by atoms with E-state index in [0.29, 0.717) is 23.8 Å². The van der Waals surface area contributed by atoms with Gasteiger partial charge in [0.2, 0.25) is 5.78 Å². The van der Waals surface area contributed by atoms with Gasteiger partial charge in [-0.1, -0.05) is 23.7 Å². The van der Waals surface area contributed by atoms with Crippen molar-refractivity contribution >= 4 is 17.4 Å². The first-order valence-electron chi connectivity index (χ1n) is 4.86. The zero-order valence-electron chi connectivity index (χ0n) is 8.20. The topological polar surface area (TPSA) is 26.3 Å². The molecule has 0 saturated carbocycles. The summed E-state index contributed by atoms with van der Waals surface area (Å²) in [6, 6.07) is 7.32. The second-order valence-corrected chi connectivity index (χ2v) is 3.87. The lowest BCUT2D eigenvalue weighted by Crippen LogP contribution is -2.06. The van der Waals surface area contributed by atoms with Crippen LogP contribution in [0.3, 0.4) is 0 Å². The molecule has 0 aromatic heterocycles. The quantitative estimate of drug-likeness (QED) is 0.786. The molecule has 78 valence electrons. The first-order valence-corrected chi connectivity index (χ1v) is 5.24. The Balaban J connectivity index is 2.05. The van der Waals surface area contributed by atoms with Gasteiger partial charge in [0, 0.05) is 17.9 Å². The molecule has 0 amide bonds. The maximum absolute atomic E-state index is 11.7. The van der Waals surface area contributed by atoms with Gasteiger partial charge in [0.05, 0.1) is 6.61 Å². The van der Waals surface area contributed by atoms with E-state index < -0.39 is 0 Å². The summed E-state index contributed by atoms with van der Waals surface area (Å²) >= 11 is 5.83. The molecule has 1 heterocycles. The van der Waals surface area contributed by atoms with Crippen LogP contribution in [0.5, 0.6) is 0 Å². The maximum Gasteiger partial charge on any atom is 0.201 e. The van der Waals surface area contributed by atoms with Crippen molar-refractivity contribution in [2.75, 3.05) is 6.61 Å². The molecule has 0 N–H and O–H groups in total. The molecule has 15 heavy (non-hydrogen) atoms. The van der Waals surface area contributed by atoms with Crippen LogP contribution in [0.15, 0.2) is 36.1 Å². The SMILES string of the molecule is O=C(Cc1cccc(Cl)c1)C1=CCCO1. The zero-order valence-corrected chi connectivity index (χ0v) is 8.96. The van der Waals surface area contributed by atoms with Crippen molar-refractivity contribution in [2.45, 2.75) is 12.8 Å². The highest BCUT2D eigenvalue weighted by Crippen LogP contribution is 2.15. The first-order chi connectivity index (χ1) is 7.25. The number of allylic oxidation sites excluding steroid dienone is 1. The van der Waals surface area contributed by atoms with Gasteiger partial charge in [0.1, 0.15) is 0 Å². The summed E-state index contributed by atoms with van der Waals surface area (Å²) in [5.41, 5.74) is 0.920. The average Bonchev–Trinajstić information content (AvgIpc) is 2.70. The van der Waals surface area contributed by atoms with Gasteiger partial charge in [0.25, 0.3) is 0 Å². The van der Waals surface area contributed by atoms with Gasteiger partial charge in [-0.15, -0.1) is 0 Å². The highest BCUT2D eigenvalue weighted by Gasteiger charge is 2.15. The van der Waals surface area contributed by atoms with Crippen LogP contribution in [0.4, 0.5) is 0 Å². The first kappa shape index (κ1) is 10.2. The number of carbonyl (C=O) groups is 1. The summed E-state index contributed by atoms with van der Waals surface area (Å²) in [5.74, 6) is 0.518. The summed E-state index contributed by atoms with van der Waals surface area (Å²) in [7, 11) is 0. The van der Waals surface area contributed by atoms with Crippen molar-refractivity contribution in [1.29, 1.82) is 0 Å². The molecule has 1 aromatic rings. The van der Waals surface area contributed by atoms with E-state index in [4.69, 9.17) is 16.3 Å². The van der Waals surface area contributed by atoms with Crippen LogP contribution in [-0.2, 0) is 16.0 Å². The predicted octanol–water partition coefficient (Wildman–Crippen LogP) is 2.76. The molecule has 0 aliphatic carbocycles. The van der Waals surface area contributed by atoms with Crippen LogP contribution in [0.25, 0.3) is 0 Å². The van der Waals surface area contributed by atoms with E-state index in [0.717, 1.165) is 12.0 Å². The second-order valence-electron chi connectivity index (χ2n) is 3.44. The summed E-state index contributed by atoms with van der Waals surface area (Å²) in [4.78, 5) is 11.7. The van der Waals surface area contributed by atoms with Crippen molar-refractivity contribution in [3.8, 4) is 0 Å². The lowest BCUT2D eigenvalue weighted by atomic mass is 10.1. The summed E-state index contributed by atoms with van der Waals surface area (Å²) in [6.07, 6.45) is 3.02. The van der Waals surface area contributed by atoms with E-state index >= 15 is 0 Å². The maximum atomic E-state index is 11.7. The summed E-state index contributed by atoms with van der Waals surface area (Å²) in [6.45, 7) is 0.622. The normalized spacial score (nSPS) is 14.6. The largest absolute Gasteiger partial charge is 0.490 e. The molecular weight excluding hydrogens is 212 g/mol. The van der Waals surface area contributed by atoms with Crippen LogP contribution < -0.4 is 0 Å². The number of Topliss-reactive ketones (excluding diaryl/α,β-unsaturated/α-hetero) is 1. The molecule has 0 unspecified atom stereocenters. The van der Waals surface area contributed by atoms with Gasteiger partial charge in [-0.3, -0.25) is 4.79 Å². The molecular formula is C12H11ClO2. The number of ether oxygens (including phenoxy) is 1. The lowest BCUT2D eigenvalue weighted by Gasteiger charge is -2.03. The molecule has 3 heteroatoms. The third-order valence-corrected chi connectivity index (χ3v) is 2.47. The number of halogens is 1. The van der Waals surface area contributed by atoms with E-state index in [2.05, 4.69) is 0 Å². The number of rotatable bonds is 3. The fraction of sp³-hybridized carbons (Fsp3) is 0.250. The number of carbonyl (C=O) groups excluding carboxylic acids is 1. The molecule has 1 aromatic carbocycles. The Kier molecular flexibility index (Phi) is 3.07. The molecule has 0 saturated heterocycles. The van der Waals surface area contributed by atoms with Crippen molar-refractivity contribution < 1.29 is 9.53 Å². The number of benzene rings is 1. The Morgan fingerprint density at radius 1 is 1.47 bits per heavy atom. The number of hydrogen-bond acceptors (Lipinski definition) is 2. The minimum atomic E-state index is 0.0229. The minimum absolute atomic E-state index is 0.0229. The molecule has 2 nitrogen and oxygen atoms in total. The zero-order chi connectivity index (χ0) is 10.7. The Labute approximate surface area is 93.5 Å². The highest BCUT2D eigenvalue weighted by atomic mass is 35.5. The Hall–Kier alpha value is -1.28. The number of ketones is 1. The molecule has 2 rings (SSSR count). The van der Waals surface area contributed by atoms with Crippen molar-refractivity contribution in [3.05, 3.63) is 46.7 Å². The third kappa shape index (κ3) is 2.60. The van der Waals surface area contributed by atoms with E-state index in [9.17, 15) is 4.79 Å². The second kappa shape index (κ2) is 4.49. The van der Waals surface area contributed by atoms with E-state index in [1.165, 1.54) is 0 Å². The van der Waals surface area contributed by atoms with Crippen molar-refractivity contribution in [2.24, 2.45) is 0 Å². The van der Waals surface area contributed by atoms with Crippen molar-refractivity contribution in [3.63, 3.8) is 0 Å². The van der Waals surface area contributed by atoms with E-state index in [-0.39, 0.29) is 5.78 Å². The van der Waals surface area contributed by atoms with Crippen LogP contribution in [-0.4, -0.2) is 12.4 Å². The van der Waals surface area contributed by atoms with E-state index in [1.807, 2.05) is 18.2 Å². The fourth-order valence-electron chi connectivity index (χ4n) is 1.53. The Morgan fingerprint density at radius 2 is 2.33 bits per heavy atom. The van der Waals surface area contributed by atoms with Gasteiger partial charge in [-0.05, 0) is 23.8 Å². The fourth-order valence-corrected chi connectivity index (χ4v) is 1.74. The smallest absolute Gasteiger partial charge is 0.201 e. The Morgan fingerprint density at radius 3 is 3.00 bits per heavy atom. The predicted molar refractivity (Wildman–Crippen MR) is 58.8 cm³/mol. The molecule has 0 bridgehead atoms. The standard InChI is InChI=1S/C12H11ClO2/c13-10-4-1-3-9(7-10)8-11(14)12-5-2-6-15-12/h1,3-5,7H,2,6,8H2. The summed E-state index contributed by atoms with van der Waals surface area (Å²) < 4.78 is 5.20. The van der Waals surface area contributed by atoms with Crippen molar-refractivity contribution in [1.82, 2.24) is 0 Å². The Bertz CT molecular complexity index is 410. The molecule has 1 aliphatic rings. The van der Waals surface area contributed by atoms with Gasteiger partial charge in [-0.25, -0.2) is 0 Å². The van der Waals surface area contributed by atoms with Gasteiger partial charge in [-0.2, -0.15) is 0 Å². The number of hydrogen-bond donors (Lipinski definition) is 0. The molecule has 0 spiro atoms. The molecule has 0 fully saturated rings. The lowest BCUT2D eigenvalue weighted by molar-refractivity contribution is -0.117. The molecule has 0 atom stereocenters. The molecule has 0 radical (unpaired) electrons. The highest BCUT2D eigenvalue weighted by molar-refractivity contribution is 6.30. The van der Waals surface area contributed by atoms with E-state index in [1.54, 1.807) is 12.1 Å². The van der Waals surface area contributed by atoms with Gasteiger partial charge >= 0.3 is 0 Å².